The topological polar surface area (TPSA) is 29.5 Å². The van der Waals surface area contributed by atoms with Crippen molar-refractivity contribution >= 4 is 0 Å². The van der Waals surface area contributed by atoms with Crippen LogP contribution >= 0.6 is 0 Å². The molecular weight excluding hydrogens is 176 g/mol. The molecule has 1 rings (SSSR count). The number of hydrogen-bond donors (Lipinski definition) is 1. The van der Waals surface area contributed by atoms with Crippen LogP contribution in [0.3, 0.4) is 0 Å². The van der Waals surface area contributed by atoms with Crippen LogP contribution in [0.4, 0.5) is 0 Å². The van der Waals surface area contributed by atoms with E-state index in [0.29, 0.717) is 18.3 Å². The average Bonchev–Trinajstić information content (AvgIpc) is 2.11. The number of benzene rings is 1. The van der Waals surface area contributed by atoms with Gasteiger partial charge in [-0.15, -0.1) is 0 Å². The molecule has 0 bridgehead atoms. The summed E-state index contributed by atoms with van der Waals surface area (Å²) in [5.41, 5.74) is 1.92. The molecule has 2 heteroatoms. The minimum absolute atomic E-state index is 0.345. The fourth-order valence-corrected chi connectivity index (χ4v) is 1.42. The molecule has 1 aromatic carbocycles. The first-order valence-electron chi connectivity index (χ1n) is 5.02. The van der Waals surface area contributed by atoms with Crippen molar-refractivity contribution in [2.75, 3.05) is 6.61 Å². The van der Waals surface area contributed by atoms with Crippen molar-refractivity contribution in [3.63, 3.8) is 0 Å². The lowest BCUT2D eigenvalue weighted by atomic mass is 10.00. The Balaban J connectivity index is 3.17. The third-order valence-electron chi connectivity index (χ3n) is 2.25. The second-order valence-electron chi connectivity index (χ2n) is 3.76. The van der Waals surface area contributed by atoms with Crippen molar-refractivity contribution in [2.45, 2.75) is 33.6 Å². The van der Waals surface area contributed by atoms with Crippen LogP contribution in [0.1, 0.15) is 37.8 Å². The third-order valence-corrected chi connectivity index (χ3v) is 2.25. The van der Waals surface area contributed by atoms with E-state index in [2.05, 4.69) is 13.8 Å². The molecule has 0 unspecified atom stereocenters. The van der Waals surface area contributed by atoms with E-state index in [1.54, 1.807) is 6.07 Å². The molecule has 0 saturated heterocycles. The van der Waals surface area contributed by atoms with Crippen molar-refractivity contribution in [1.29, 1.82) is 0 Å². The lowest BCUT2D eigenvalue weighted by Gasteiger charge is -2.14. The summed E-state index contributed by atoms with van der Waals surface area (Å²) in [5, 5.41) is 9.59. The molecule has 1 N–H and O–H groups in total. The zero-order chi connectivity index (χ0) is 10.7. The number of phenols is 1. The molecule has 0 fully saturated rings. The summed E-state index contributed by atoms with van der Waals surface area (Å²) in [7, 11) is 0. The molecule has 0 aliphatic heterocycles. The van der Waals surface area contributed by atoms with Crippen molar-refractivity contribution in [3.8, 4) is 11.5 Å². The predicted octanol–water partition coefficient (Wildman–Crippen LogP) is 3.22. The summed E-state index contributed by atoms with van der Waals surface area (Å²) < 4.78 is 5.52. The fourth-order valence-electron chi connectivity index (χ4n) is 1.42. The first-order chi connectivity index (χ1) is 6.56. The minimum atomic E-state index is 0.345. The molecule has 0 aliphatic rings. The highest BCUT2D eigenvalue weighted by Gasteiger charge is 2.10. The summed E-state index contributed by atoms with van der Waals surface area (Å²) in [6.07, 6.45) is 0. The SMILES string of the molecule is CCOc1cc(C)c(O)cc1C(C)C. The van der Waals surface area contributed by atoms with Crippen molar-refractivity contribution in [1.82, 2.24) is 0 Å². The third kappa shape index (κ3) is 2.19. The Labute approximate surface area is 85.5 Å². The van der Waals surface area contributed by atoms with Gasteiger partial charge in [0.05, 0.1) is 6.61 Å². The molecule has 2 nitrogen and oxygen atoms in total. The number of aryl methyl sites for hydroxylation is 1. The van der Waals surface area contributed by atoms with Crippen molar-refractivity contribution < 1.29 is 9.84 Å². The minimum Gasteiger partial charge on any atom is -0.508 e. The van der Waals surface area contributed by atoms with Crippen LogP contribution < -0.4 is 4.74 Å². The molecule has 0 spiro atoms. The maximum absolute atomic E-state index is 9.59. The second-order valence-corrected chi connectivity index (χ2v) is 3.76. The van der Waals surface area contributed by atoms with Crippen LogP contribution in [0, 0.1) is 6.92 Å². The van der Waals surface area contributed by atoms with Crippen molar-refractivity contribution in [2.24, 2.45) is 0 Å². The van der Waals surface area contributed by atoms with E-state index in [1.807, 2.05) is 19.9 Å². The van der Waals surface area contributed by atoms with E-state index < -0.39 is 0 Å². The molecule has 0 amide bonds. The molecule has 78 valence electrons. The van der Waals surface area contributed by atoms with Gasteiger partial charge in [-0.1, -0.05) is 13.8 Å². The highest BCUT2D eigenvalue weighted by Crippen LogP contribution is 2.32. The maximum atomic E-state index is 9.59. The summed E-state index contributed by atoms with van der Waals surface area (Å²) in [5.74, 6) is 1.60. The fraction of sp³-hybridized carbons (Fsp3) is 0.500. The number of ether oxygens (including phenoxy) is 1. The van der Waals surface area contributed by atoms with Crippen LogP contribution in [-0.4, -0.2) is 11.7 Å². The molecule has 1 aromatic rings. The van der Waals surface area contributed by atoms with E-state index in [4.69, 9.17) is 4.74 Å². The van der Waals surface area contributed by atoms with Crippen LogP contribution in [0.5, 0.6) is 11.5 Å². The van der Waals surface area contributed by atoms with Gasteiger partial charge in [-0.2, -0.15) is 0 Å². The first-order valence-corrected chi connectivity index (χ1v) is 5.02. The molecule has 0 heterocycles. The van der Waals surface area contributed by atoms with Gasteiger partial charge in [0.1, 0.15) is 11.5 Å². The molecule has 14 heavy (non-hydrogen) atoms. The lowest BCUT2D eigenvalue weighted by Crippen LogP contribution is -1.98. The van der Waals surface area contributed by atoms with Gasteiger partial charge in [0.15, 0.2) is 0 Å². The standard InChI is InChI=1S/C12H18O2/c1-5-14-12-6-9(4)11(13)7-10(12)8(2)3/h6-8,13H,5H2,1-4H3. The van der Waals surface area contributed by atoms with E-state index in [1.165, 1.54) is 0 Å². The summed E-state index contributed by atoms with van der Waals surface area (Å²) >= 11 is 0. The molecular formula is C12H18O2. The summed E-state index contributed by atoms with van der Waals surface area (Å²) in [6.45, 7) is 8.68. The highest BCUT2D eigenvalue weighted by molar-refractivity contribution is 5.46. The van der Waals surface area contributed by atoms with Crippen LogP contribution in [-0.2, 0) is 0 Å². The first kappa shape index (κ1) is 10.9. The molecule has 0 saturated carbocycles. The molecule has 0 atom stereocenters. The molecule has 0 aromatic heterocycles. The Morgan fingerprint density at radius 3 is 2.50 bits per heavy atom. The predicted molar refractivity (Wildman–Crippen MR) is 58.1 cm³/mol. The van der Waals surface area contributed by atoms with E-state index in [0.717, 1.165) is 16.9 Å². The largest absolute Gasteiger partial charge is 0.508 e. The van der Waals surface area contributed by atoms with E-state index in [-0.39, 0.29) is 0 Å². The number of hydrogen-bond acceptors (Lipinski definition) is 2. The van der Waals surface area contributed by atoms with Gasteiger partial charge >= 0.3 is 0 Å². The second kappa shape index (κ2) is 4.36. The number of aromatic hydroxyl groups is 1. The van der Waals surface area contributed by atoms with Crippen LogP contribution in [0.2, 0.25) is 0 Å². The van der Waals surface area contributed by atoms with Gasteiger partial charge in [0, 0.05) is 5.56 Å². The summed E-state index contributed by atoms with van der Waals surface area (Å²) in [4.78, 5) is 0. The van der Waals surface area contributed by atoms with E-state index >= 15 is 0 Å². The Kier molecular flexibility index (Phi) is 3.39. The van der Waals surface area contributed by atoms with Crippen LogP contribution in [0.15, 0.2) is 12.1 Å². The van der Waals surface area contributed by atoms with E-state index in [9.17, 15) is 5.11 Å². The van der Waals surface area contributed by atoms with Gasteiger partial charge < -0.3 is 9.84 Å². The Morgan fingerprint density at radius 1 is 1.36 bits per heavy atom. The van der Waals surface area contributed by atoms with Gasteiger partial charge in [-0.05, 0) is 37.5 Å². The molecule has 0 aliphatic carbocycles. The zero-order valence-electron chi connectivity index (χ0n) is 9.29. The summed E-state index contributed by atoms with van der Waals surface area (Å²) in [6, 6.07) is 3.69. The lowest BCUT2D eigenvalue weighted by molar-refractivity contribution is 0.334. The van der Waals surface area contributed by atoms with Crippen LogP contribution in [0.25, 0.3) is 0 Å². The van der Waals surface area contributed by atoms with Crippen molar-refractivity contribution in [3.05, 3.63) is 23.3 Å². The molecule has 0 radical (unpaired) electrons. The maximum Gasteiger partial charge on any atom is 0.123 e. The smallest absolute Gasteiger partial charge is 0.123 e. The monoisotopic (exact) mass is 194 g/mol. The Hall–Kier alpha value is -1.18. The van der Waals surface area contributed by atoms with Gasteiger partial charge in [-0.3, -0.25) is 0 Å². The Morgan fingerprint density at radius 2 is 2.00 bits per heavy atom. The number of phenolic OH excluding ortho intramolecular Hbond substituents is 1. The Bertz CT molecular complexity index is 316. The highest BCUT2D eigenvalue weighted by atomic mass is 16.5. The van der Waals surface area contributed by atoms with Gasteiger partial charge in [0.2, 0.25) is 0 Å². The quantitative estimate of drug-likeness (QED) is 0.800. The normalized spacial score (nSPS) is 10.6. The number of rotatable bonds is 3. The average molecular weight is 194 g/mol. The van der Waals surface area contributed by atoms with Gasteiger partial charge in [-0.25, -0.2) is 0 Å². The van der Waals surface area contributed by atoms with Gasteiger partial charge in [0.25, 0.3) is 0 Å². The zero-order valence-corrected chi connectivity index (χ0v) is 9.29.